The third-order valence-corrected chi connectivity index (χ3v) is 5.50. The van der Waals surface area contributed by atoms with Crippen LogP contribution < -0.4 is 5.32 Å². The normalized spacial score (nSPS) is 30.0. The lowest BCUT2D eigenvalue weighted by Gasteiger charge is -2.42. The summed E-state index contributed by atoms with van der Waals surface area (Å²) in [4.78, 5) is 2.65. The summed E-state index contributed by atoms with van der Waals surface area (Å²) in [6.07, 6.45) is 9.85. The molecule has 0 bridgehead atoms. The molecule has 1 N–H and O–H groups in total. The van der Waals surface area contributed by atoms with Gasteiger partial charge in [0, 0.05) is 30.7 Å². The number of piperidine rings is 1. The second kappa shape index (κ2) is 7.46. The van der Waals surface area contributed by atoms with Crippen LogP contribution in [0.4, 0.5) is 0 Å². The number of nitrogens with zero attached hydrogens (tertiary/aromatic N) is 1. The first-order chi connectivity index (χ1) is 9.84. The summed E-state index contributed by atoms with van der Waals surface area (Å²) in [5.74, 6) is 1.84. The Bertz CT molecular complexity index is 297. The van der Waals surface area contributed by atoms with Crippen LogP contribution in [-0.2, 0) is 0 Å². The van der Waals surface area contributed by atoms with Crippen LogP contribution in [0.5, 0.6) is 0 Å². The maximum absolute atomic E-state index is 4.01. The van der Waals surface area contributed by atoms with Gasteiger partial charge in [-0.3, -0.25) is 4.90 Å². The van der Waals surface area contributed by atoms with Crippen molar-refractivity contribution in [1.29, 1.82) is 0 Å². The van der Waals surface area contributed by atoms with E-state index in [2.05, 4.69) is 44.8 Å². The van der Waals surface area contributed by atoms with E-state index >= 15 is 0 Å². The summed E-state index contributed by atoms with van der Waals surface area (Å²) in [6.45, 7) is 14.3. The standard InChI is InChI=1S/C19H38N2/c1-15(2)13-16-7-6-8-18(14-16)20-17-9-11-21(12-10-17)19(3,4)5/h15-18,20H,6-14H2,1-5H3. The van der Waals surface area contributed by atoms with Crippen molar-refractivity contribution in [2.75, 3.05) is 13.1 Å². The molecule has 2 heteroatoms. The van der Waals surface area contributed by atoms with Gasteiger partial charge in [-0.1, -0.05) is 26.7 Å². The molecule has 2 nitrogen and oxygen atoms in total. The molecule has 2 atom stereocenters. The van der Waals surface area contributed by atoms with E-state index in [1.807, 2.05) is 0 Å². The van der Waals surface area contributed by atoms with Crippen molar-refractivity contribution in [3.63, 3.8) is 0 Å². The van der Waals surface area contributed by atoms with Gasteiger partial charge in [0.25, 0.3) is 0 Å². The molecule has 0 spiro atoms. The zero-order chi connectivity index (χ0) is 15.5. The Kier molecular flexibility index (Phi) is 6.14. The number of hydrogen-bond acceptors (Lipinski definition) is 2. The van der Waals surface area contributed by atoms with Crippen molar-refractivity contribution in [1.82, 2.24) is 10.2 Å². The molecule has 21 heavy (non-hydrogen) atoms. The maximum atomic E-state index is 4.01. The van der Waals surface area contributed by atoms with E-state index in [0.29, 0.717) is 5.54 Å². The SMILES string of the molecule is CC(C)CC1CCCC(NC2CCN(C(C)(C)C)CC2)C1. The predicted molar refractivity (Wildman–Crippen MR) is 92.7 cm³/mol. The van der Waals surface area contributed by atoms with Crippen molar-refractivity contribution < 1.29 is 0 Å². The van der Waals surface area contributed by atoms with Gasteiger partial charge in [0.2, 0.25) is 0 Å². The zero-order valence-electron chi connectivity index (χ0n) is 15.1. The van der Waals surface area contributed by atoms with Crippen molar-refractivity contribution in [3.8, 4) is 0 Å². The summed E-state index contributed by atoms with van der Waals surface area (Å²) in [6, 6.07) is 1.57. The van der Waals surface area contributed by atoms with Gasteiger partial charge in [-0.15, -0.1) is 0 Å². The number of rotatable bonds is 4. The number of nitrogens with one attached hydrogen (secondary N) is 1. The smallest absolute Gasteiger partial charge is 0.0125 e. The molecular weight excluding hydrogens is 256 g/mol. The minimum Gasteiger partial charge on any atom is -0.311 e. The largest absolute Gasteiger partial charge is 0.311 e. The summed E-state index contributed by atoms with van der Waals surface area (Å²) in [5, 5.41) is 4.01. The molecule has 1 saturated carbocycles. The lowest BCUT2D eigenvalue weighted by atomic mass is 9.80. The Balaban J connectivity index is 1.73. The summed E-state index contributed by atoms with van der Waals surface area (Å²) < 4.78 is 0. The van der Waals surface area contributed by atoms with E-state index in [-0.39, 0.29) is 0 Å². The minimum absolute atomic E-state index is 0.345. The van der Waals surface area contributed by atoms with Gasteiger partial charge < -0.3 is 5.32 Å². The second-order valence-corrected chi connectivity index (χ2v) is 8.96. The molecule has 124 valence electrons. The highest BCUT2D eigenvalue weighted by Crippen LogP contribution is 2.30. The third-order valence-electron chi connectivity index (χ3n) is 5.50. The van der Waals surface area contributed by atoms with E-state index in [4.69, 9.17) is 0 Å². The topological polar surface area (TPSA) is 15.3 Å². The summed E-state index contributed by atoms with van der Waals surface area (Å²) in [7, 11) is 0. The van der Waals surface area contributed by atoms with E-state index in [0.717, 1.165) is 23.9 Å². The molecule has 1 saturated heterocycles. The fourth-order valence-electron chi connectivity index (χ4n) is 4.37. The van der Waals surface area contributed by atoms with Crippen molar-refractivity contribution >= 4 is 0 Å². The average Bonchev–Trinajstić information content (AvgIpc) is 2.38. The van der Waals surface area contributed by atoms with Gasteiger partial charge >= 0.3 is 0 Å². The number of likely N-dealkylation sites (tertiary alicyclic amines) is 1. The molecule has 0 aromatic heterocycles. The first-order valence-corrected chi connectivity index (χ1v) is 9.35. The van der Waals surface area contributed by atoms with Gasteiger partial charge in [0.15, 0.2) is 0 Å². The lowest BCUT2D eigenvalue weighted by molar-refractivity contribution is 0.0904. The van der Waals surface area contributed by atoms with Gasteiger partial charge in [-0.2, -0.15) is 0 Å². The van der Waals surface area contributed by atoms with E-state index in [1.165, 1.54) is 58.0 Å². The Hall–Kier alpha value is -0.0800. The van der Waals surface area contributed by atoms with Crippen LogP contribution in [0.2, 0.25) is 0 Å². The van der Waals surface area contributed by atoms with Crippen LogP contribution in [0, 0.1) is 11.8 Å². The van der Waals surface area contributed by atoms with E-state index in [9.17, 15) is 0 Å². The molecule has 0 aromatic carbocycles. The van der Waals surface area contributed by atoms with Gasteiger partial charge in [-0.25, -0.2) is 0 Å². The molecule has 0 amide bonds. The van der Waals surface area contributed by atoms with Crippen LogP contribution in [0.1, 0.15) is 79.6 Å². The van der Waals surface area contributed by atoms with Crippen LogP contribution >= 0.6 is 0 Å². The Morgan fingerprint density at radius 3 is 2.24 bits per heavy atom. The third kappa shape index (κ3) is 5.56. The highest BCUT2D eigenvalue weighted by Gasteiger charge is 2.29. The quantitative estimate of drug-likeness (QED) is 0.824. The van der Waals surface area contributed by atoms with E-state index < -0.39 is 0 Å². The number of hydrogen-bond donors (Lipinski definition) is 1. The van der Waals surface area contributed by atoms with Crippen molar-refractivity contribution in [3.05, 3.63) is 0 Å². The highest BCUT2D eigenvalue weighted by atomic mass is 15.2. The molecular formula is C19H38N2. The lowest BCUT2D eigenvalue weighted by Crippen LogP contribution is -2.52. The molecule has 2 aliphatic rings. The first-order valence-electron chi connectivity index (χ1n) is 9.35. The molecule has 2 fully saturated rings. The van der Waals surface area contributed by atoms with E-state index in [1.54, 1.807) is 0 Å². The van der Waals surface area contributed by atoms with Gasteiger partial charge in [0.1, 0.15) is 0 Å². The predicted octanol–water partition coefficient (Wildman–Crippen LogP) is 4.44. The molecule has 2 rings (SSSR count). The Morgan fingerprint density at radius 2 is 1.67 bits per heavy atom. The fourth-order valence-corrected chi connectivity index (χ4v) is 4.37. The van der Waals surface area contributed by atoms with Crippen LogP contribution in [0.15, 0.2) is 0 Å². The maximum Gasteiger partial charge on any atom is 0.0125 e. The summed E-state index contributed by atoms with van der Waals surface area (Å²) >= 11 is 0. The first kappa shape index (κ1) is 17.3. The van der Waals surface area contributed by atoms with Crippen molar-refractivity contribution in [2.45, 2.75) is 97.2 Å². The molecule has 2 unspecified atom stereocenters. The second-order valence-electron chi connectivity index (χ2n) is 8.96. The molecule has 1 aliphatic heterocycles. The van der Waals surface area contributed by atoms with Crippen molar-refractivity contribution in [2.24, 2.45) is 11.8 Å². The Labute approximate surface area is 133 Å². The molecule has 0 radical (unpaired) electrons. The molecule has 0 aromatic rings. The van der Waals surface area contributed by atoms with Crippen LogP contribution in [-0.4, -0.2) is 35.6 Å². The Morgan fingerprint density at radius 1 is 1.00 bits per heavy atom. The monoisotopic (exact) mass is 294 g/mol. The molecule has 1 aliphatic carbocycles. The average molecular weight is 295 g/mol. The van der Waals surface area contributed by atoms with Crippen LogP contribution in [0.25, 0.3) is 0 Å². The van der Waals surface area contributed by atoms with Crippen LogP contribution in [0.3, 0.4) is 0 Å². The molecule has 1 heterocycles. The van der Waals surface area contributed by atoms with Gasteiger partial charge in [0.05, 0.1) is 0 Å². The highest BCUT2D eigenvalue weighted by molar-refractivity contribution is 4.87. The summed E-state index contributed by atoms with van der Waals surface area (Å²) in [5.41, 5.74) is 0.345. The fraction of sp³-hybridized carbons (Fsp3) is 1.00. The minimum atomic E-state index is 0.345. The van der Waals surface area contributed by atoms with Gasteiger partial charge in [-0.05, 0) is 64.7 Å². The zero-order valence-corrected chi connectivity index (χ0v) is 15.1.